The second kappa shape index (κ2) is 11.5. The van der Waals surface area contributed by atoms with Gasteiger partial charge in [0.25, 0.3) is 0 Å². The zero-order valence-electron chi connectivity index (χ0n) is 17.9. The minimum absolute atomic E-state index is 0.389. The van der Waals surface area contributed by atoms with E-state index in [4.69, 9.17) is 0 Å². The predicted octanol–water partition coefficient (Wildman–Crippen LogP) is 8.80. The molecule has 2 heteroatoms. The number of hydrogen-bond donors (Lipinski definition) is 0. The molecule has 0 aliphatic heterocycles. The van der Waals surface area contributed by atoms with E-state index in [-0.39, 0.29) is 5.92 Å². The molecule has 1 aliphatic rings. The molecular weight excluding hydrogens is 362 g/mol. The third-order valence-corrected chi connectivity index (χ3v) is 6.62. The smallest absolute Gasteiger partial charge is 0.210 e. The van der Waals surface area contributed by atoms with Gasteiger partial charge in [-0.15, -0.1) is 0 Å². The molecule has 1 saturated carbocycles. The van der Waals surface area contributed by atoms with E-state index in [9.17, 15) is 8.78 Å². The molecule has 0 bridgehead atoms. The summed E-state index contributed by atoms with van der Waals surface area (Å²) in [4.78, 5) is 0. The van der Waals surface area contributed by atoms with Crippen molar-refractivity contribution >= 4 is 0 Å². The van der Waals surface area contributed by atoms with Gasteiger partial charge in [0, 0.05) is 5.92 Å². The number of unbranched alkanes of at least 4 members (excludes halogenated alkanes) is 5. The molecule has 0 aromatic heterocycles. The molecule has 0 unspecified atom stereocenters. The average molecular weight is 399 g/mol. The van der Waals surface area contributed by atoms with E-state index in [0.717, 1.165) is 12.8 Å². The van der Waals surface area contributed by atoms with Crippen LogP contribution in [0.15, 0.2) is 48.5 Å². The number of benzene rings is 2. The number of aryl methyl sites for hydroxylation is 1. The molecule has 1 fully saturated rings. The van der Waals surface area contributed by atoms with Gasteiger partial charge in [-0.25, -0.2) is 8.78 Å². The van der Waals surface area contributed by atoms with E-state index < -0.39 is 6.43 Å². The maximum Gasteiger partial charge on any atom is 0.241 e. The highest BCUT2D eigenvalue weighted by molar-refractivity contribution is 5.64. The van der Waals surface area contributed by atoms with E-state index in [1.165, 1.54) is 67.2 Å². The fraction of sp³-hybridized carbons (Fsp3) is 0.556. The van der Waals surface area contributed by atoms with Gasteiger partial charge < -0.3 is 0 Å². The van der Waals surface area contributed by atoms with E-state index in [1.807, 2.05) is 0 Å². The van der Waals surface area contributed by atoms with Crippen LogP contribution in [-0.4, -0.2) is 6.43 Å². The number of halogens is 2. The van der Waals surface area contributed by atoms with Gasteiger partial charge >= 0.3 is 0 Å². The summed E-state index contributed by atoms with van der Waals surface area (Å²) in [6.45, 7) is 2.26. The molecule has 0 heterocycles. The summed E-state index contributed by atoms with van der Waals surface area (Å²) in [6, 6.07) is 17.8. The van der Waals surface area contributed by atoms with Crippen LogP contribution in [0.4, 0.5) is 8.78 Å². The Morgan fingerprint density at radius 3 is 1.86 bits per heavy atom. The number of rotatable bonds is 10. The zero-order valence-corrected chi connectivity index (χ0v) is 17.9. The topological polar surface area (TPSA) is 0 Å². The normalized spacial score (nSPS) is 19.6. The molecule has 0 atom stereocenters. The molecule has 0 nitrogen and oxygen atoms in total. The van der Waals surface area contributed by atoms with Crippen molar-refractivity contribution in [3.63, 3.8) is 0 Å². The van der Waals surface area contributed by atoms with Crippen LogP contribution in [0.3, 0.4) is 0 Å². The Morgan fingerprint density at radius 2 is 1.28 bits per heavy atom. The fourth-order valence-corrected chi connectivity index (χ4v) is 4.63. The van der Waals surface area contributed by atoms with E-state index in [0.29, 0.717) is 18.8 Å². The standard InChI is InChI=1S/C27H36F2/c1-2-3-4-5-6-7-8-21-9-11-22(12-10-21)23-13-15-24(16-14-23)25-17-19-26(20-18-25)27(28)29/h9-16,25-27H,2-8,17-20H2,1H3/t25-,26-. The Hall–Kier alpha value is -1.70. The molecule has 29 heavy (non-hydrogen) atoms. The first-order chi connectivity index (χ1) is 14.2. The Bertz CT molecular complexity index is 694. The van der Waals surface area contributed by atoms with E-state index in [2.05, 4.69) is 55.5 Å². The largest absolute Gasteiger partial charge is 0.241 e. The molecule has 0 N–H and O–H groups in total. The lowest BCUT2D eigenvalue weighted by atomic mass is 9.78. The molecule has 0 amide bonds. The van der Waals surface area contributed by atoms with Crippen molar-refractivity contribution in [3.05, 3.63) is 59.7 Å². The minimum Gasteiger partial charge on any atom is -0.210 e. The summed E-state index contributed by atoms with van der Waals surface area (Å²) in [5.74, 6) is 0.0548. The zero-order chi connectivity index (χ0) is 20.5. The van der Waals surface area contributed by atoms with Crippen LogP contribution in [0.2, 0.25) is 0 Å². The molecular formula is C27H36F2. The summed E-state index contributed by atoms with van der Waals surface area (Å²) in [7, 11) is 0. The minimum atomic E-state index is -2.15. The third-order valence-electron chi connectivity index (χ3n) is 6.62. The maximum absolute atomic E-state index is 12.9. The number of hydrogen-bond acceptors (Lipinski definition) is 0. The first kappa shape index (κ1) is 22.0. The van der Waals surface area contributed by atoms with Gasteiger partial charge in [-0.1, -0.05) is 87.6 Å². The van der Waals surface area contributed by atoms with Crippen LogP contribution in [0.25, 0.3) is 11.1 Å². The maximum atomic E-state index is 12.9. The lowest BCUT2D eigenvalue weighted by Crippen LogP contribution is -2.19. The Morgan fingerprint density at radius 1 is 0.724 bits per heavy atom. The van der Waals surface area contributed by atoms with Crippen molar-refractivity contribution in [1.29, 1.82) is 0 Å². The fourth-order valence-electron chi connectivity index (χ4n) is 4.63. The summed E-state index contributed by atoms with van der Waals surface area (Å²) in [5, 5.41) is 0. The first-order valence-electron chi connectivity index (χ1n) is 11.6. The van der Waals surface area contributed by atoms with Gasteiger partial charge in [0.1, 0.15) is 0 Å². The van der Waals surface area contributed by atoms with Gasteiger partial charge in [0.05, 0.1) is 0 Å². The van der Waals surface area contributed by atoms with E-state index in [1.54, 1.807) is 0 Å². The molecule has 2 aromatic rings. The van der Waals surface area contributed by atoms with Crippen molar-refractivity contribution < 1.29 is 8.78 Å². The molecule has 3 rings (SSSR count). The summed E-state index contributed by atoms with van der Waals surface area (Å²) in [6.07, 6.45) is 10.1. The molecule has 0 radical (unpaired) electrons. The first-order valence-corrected chi connectivity index (χ1v) is 11.6. The molecule has 0 saturated heterocycles. The predicted molar refractivity (Wildman–Crippen MR) is 120 cm³/mol. The molecule has 158 valence electrons. The second-order valence-corrected chi connectivity index (χ2v) is 8.78. The summed E-state index contributed by atoms with van der Waals surface area (Å²) in [5.41, 5.74) is 5.23. The van der Waals surface area contributed by atoms with E-state index >= 15 is 0 Å². The van der Waals surface area contributed by atoms with Crippen molar-refractivity contribution in [2.45, 2.75) is 89.9 Å². The van der Waals surface area contributed by atoms with Crippen LogP contribution in [-0.2, 0) is 6.42 Å². The Balaban J connectivity index is 1.48. The highest BCUT2D eigenvalue weighted by Crippen LogP contribution is 2.38. The Labute approximate surface area is 175 Å². The lowest BCUT2D eigenvalue weighted by Gasteiger charge is -2.28. The average Bonchev–Trinajstić information content (AvgIpc) is 2.77. The quantitative estimate of drug-likeness (QED) is 0.351. The van der Waals surface area contributed by atoms with Crippen LogP contribution >= 0.6 is 0 Å². The van der Waals surface area contributed by atoms with Crippen molar-refractivity contribution in [1.82, 2.24) is 0 Å². The number of alkyl halides is 2. The van der Waals surface area contributed by atoms with Crippen LogP contribution in [0, 0.1) is 5.92 Å². The van der Waals surface area contributed by atoms with Crippen LogP contribution < -0.4 is 0 Å². The Kier molecular flexibility index (Phi) is 8.70. The van der Waals surface area contributed by atoms with Crippen LogP contribution in [0.5, 0.6) is 0 Å². The SMILES string of the molecule is CCCCCCCCc1ccc(-c2ccc([C@H]3CC[C@H](C(F)F)CC3)cc2)cc1. The summed E-state index contributed by atoms with van der Waals surface area (Å²) < 4.78 is 25.7. The highest BCUT2D eigenvalue weighted by Gasteiger charge is 2.27. The monoisotopic (exact) mass is 398 g/mol. The second-order valence-electron chi connectivity index (χ2n) is 8.78. The van der Waals surface area contributed by atoms with Gasteiger partial charge in [0.15, 0.2) is 0 Å². The van der Waals surface area contributed by atoms with Gasteiger partial charge in [-0.05, 0) is 66.7 Å². The molecule has 1 aliphatic carbocycles. The van der Waals surface area contributed by atoms with Crippen LogP contribution in [0.1, 0.15) is 88.2 Å². The highest BCUT2D eigenvalue weighted by atomic mass is 19.3. The third kappa shape index (κ3) is 6.66. The van der Waals surface area contributed by atoms with Gasteiger partial charge in [-0.3, -0.25) is 0 Å². The van der Waals surface area contributed by atoms with Crippen molar-refractivity contribution in [3.8, 4) is 11.1 Å². The van der Waals surface area contributed by atoms with Crippen molar-refractivity contribution in [2.24, 2.45) is 5.92 Å². The molecule has 2 aromatic carbocycles. The van der Waals surface area contributed by atoms with Gasteiger partial charge in [0.2, 0.25) is 6.43 Å². The van der Waals surface area contributed by atoms with Gasteiger partial charge in [-0.2, -0.15) is 0 Å². The summed E-state index contributed by atoms with van der Waals surface area (Å²) >= 11 is 0. The lowest BCUT2D eigenvalue weighted by molar-refractivity contribution is 0.0528. The molecule has 0 spiro atoms. The van der Waals surface area contributed by atoms with Crippen molar-refractivity contribution in [2.75, 3.05) is 0 Å².